The van der Waals surface area contributed by atoms with E-state index in [1.165, 1.54) is 0 Å². The number of nitrogens with one attached hydrogen (secondary N) is 2. The number of ether oxygens (including phenoxy) is 1. The van der Waals surface area contributed by atoms with Gasteiger partial charge in [-0.25, -0.2) is 13.6 Å². The molecule has 174 valence electrons. The van der Waals surface area contributed by atoms with E-state index in [0.29, 0.717) is 12.5 Å². The van der Waals surface area contributed by atoms with Crippen molar-refractivity contribution < 1.29 is 45.5 Å². The third-order valence-corrected chi connectivity index (χ3v) is 4.01. The number of hydrogen-bond acceptors (Lipinski definition) is 6. The number of alkyl halides is 3. The number of halogens is 5. The fourth-order valence-corrected chi connectivity index (χ4v) is 2.69. The molecule has 0 spiro atoms. The van der Waals surface area contributed by atoms with Crippen LogP contribution in [-0.4, -0.2) is 35.9 Å². The zero-order chi connectivity index (χ0) is 24.1. The van der Waals surface area contributed by atoms with Crippen molar-refractivity contribution in [1.29, 1.82) is 0 Å². The van der Waals surface area contributed by atoms with Gasteiger partial charge in [0.1, 0.15) is 17.7 Å². The van der Waals surface area contributed by atoms with Gasteiger partial charge in [-0.1, -0.05) is 13.3 Å². The van der Waals surface area contributed by atoms with Gasteiger partial charge in [-0.2, -0.15) is 18.2 Å². The summed E-state index contributed by atoms with van der Waals surface area (Å²) in [7, 11) is 0.834. The molecule has 0 saturated carbocycles. The predicted octanol–water partition coefficient (Wildman–Crippen LogP) is 3.22. The number of amides is 2. The third kappa shape index (κ3) is 6.49. The predicted molar refractivity (Wildman–Crippen MR) is 98.4 cm³/mol. The number of carbonyl (C=O) groups excluding carboxylic acids is 3. The Morgan fingerprint density at radius 1 is 1.16 bits per heavy atom. The number of benzene rings is 1. The van der Waals surface area contributed by atoms with Gasteiger partial charge >= 0.3 is 18.2 Å². The number of anilines is 1. The summed E-state index contributed by atoms with van der Waals surface area (Å²) < 4.78 is 74.6. The van der Waals surface area contributed by atoms with Crippen LogP contribution in [0, 0.1) is 11.6 Å². The summed E-state index contributed by atoms with van der Waals surface area (Å²) >= 11 is 0. The van der Waals surface area contributed by atoms with E-state index in [1.807, 2.05) is 5.32 Å². The van der Waals surface area contributed by atoms with Crippen molar-refractivity contribution in [3.8, 4) is 0 Å². The molecule has 0 aliphatic heterocycles. The average molecular weight is 463 g/mol. The van der Waals surface area contributed by atoms with Gasteiger partial charge in [0, 0.05) is 6.07 Å². The van der Waals surface area contributed by atoms with Gasteiger partial charge in [-0.3, -0.25) is 14.9 Å². The van der Waals surface area contributed by atoms with Crippen molar-refractivity contribution in [2.45, 2.75) is 38.4 Å². The zero-order valence-corrected chi connectivity index (χ0v) is 16.8. The Bertz CT molecular complexity index is 985. The molecule has 2 N–H and O–H groups in total. The molecule has 0 saturated heterocycles. The molecule has 0 fully saturated rings. The van der Waals surface area contributed by atoms with Crippen LogP contribution >= 0.6 is 0 Å². The van der Waals surface area contributed by atoms with E-state index in [-0.39, 0.29) is 12.0 Å². The highest BCUT2D eigenvalue weighted by Gasteiger charge is 2.42. The maximum atomic E-state index is 13.3. The Labute approximate surface area is 178 Å². The number of hydrogen-bond donors (Lipinski definition) is 2. The second-order valence-electron chi connectivity index (χ2n) is 6.54. The van der Waals surface area contributed by atoms with Crippen LogP contribution in [0.15, 0.2) is 22.6 Å². The van der Waals surface area contributed by atoms with E-state index in [1.54, 1.807) is 6.92 Å². The number of aromatic nitrogens is 1. The number of rotatable bonds is 8. The maximum absolute atomic E-state index is 13.3. The molecule has 0 bridgehead atoms. The first-order valence-corrected chi connectivity index (χ1v) is 9.16. The van der Waals surface area contributed by atoms with E-state index in [4.69, 9.17) is 0 Å². The second kappa shape index (κ2) is 10.2. The Morgan fingerprint density at radius 3 is 2.31 bits per heavy atom. The normalized spacial score (nSPS) is 12.2. The van der Waals surface area contributed by atoms with Gasteiger partial charge in [-0.15, -0.1) is 0 Å². The van der Waals surface area contributed by atoms with Crippen LogP contribution in [0.1, 0.15) is 41.6 Å². The highest BCUT2D eigenvalue weighted by molar-refractivity contribution is 5.96. The molecule has 1 atom stereocenters. The van der Waals surface area contributed by atoms with Crippen molar-refractivity contribution in [1.82, 2.24) is 10.3 Å². The lowest BCUT2D eigenvalue weighted by molar-refractivity contribution is -0.141. The number of carbonyl (C=O) groups is 3. The molecule has 1 unspecified atom stereocenters. The van der Waals surface area contributed by atoms with Gasteiger partial charge < -0.3 is 14.5 Å². The van der Waals surface area contributed by atoms with Gasteiger partial charge in [0.25, 0.3) is 5.91 Å². The zero-order valence-electron chi connectivity index (χ0n) is 16.8. The van der Waals surface area contributed by atoms with Crippen LogP contribution in [0.4, 0.5) is 28.0 Å². The molecule has 32 heavy (non-hydrogen) atoms. The van der Waals surface area contributed by atoms with Crippen LogP contribution in [0.5, 0.6) is 0 Å². The number of oxazole rings is 1. The van der Waals surface area contributed by atoms with Gasteiger partial charge in [0.15, 0.2) is 5.69 Å². The molecule has 2 rings (SSSR count). The van der Waals surface area contributed by atoms with Gasteiger partial charge in [0.2, 0.25) is 11.7 Å². The fraction of sp³-hybridized carbons (Fsp3) is 0.368. The van der Waals surface area contributed by atoms with Crippen molar-refractivity contribution >= 4 is 23.8 Å². The summed E-state index contributed by atoms with van der Waals surface area (Å²) in [5, 5.41) is 4.30. The summed E-state index contributed by atoms with van der Waals surface area (Å²) in [6, 6.07) is 0.358. The van der Waals surface area contributed by atoms with Crippen LogP contribution in [-0.2, 0) is 26.9 Å². The second-order valence-corrected chi connectivity index (χ2v) is 6.54. The molecular weight excluding hydrogens is 445 g/mol. The highest BCUT2D eigenvalue weighted by atomic mass is 19.4. The summed E-state index contributed by atoms with van der Waals surface area (Å²) in [5.41, 5.74) is -1.68. The molecule has 1 aromatic heterocycles. The SMILES string of the molecule is CCCC(NC(=O)Cc1cc(F)cc(F)c1)C(=O)Nc1nc(C(F)(F)F)c(C(=O)OC)o1. The molecule has 8 nitrogen and oxygen atoms in total. The molecule has 1 heterocycles. The quantitative estimate of drug-likeness (QED) is 0.460. The molecule has 2 amide bonds. The Morgan fingerprint density at radius 2 is 1.78 bits per heavy atom. The molecule has 0 aliphatic carbocycles. The van der Waals surface area contributed by atoms with Crippen LogP contribution in [0.3, 0.4) is 0 Å². The lowest BCUT2D eigenvalue weighted by Gasteiger charge is -2.16. The van der Waals surface area contributed by atoms with Gasteiger partial charge in [-0.05, 0) is 24.1 Å². The fourth-order valence-electron chi connectivity index (χ4n) is 2.69. The molecule has 2 aromatic rings. The molecule has 1 aromatic carbocycles. The Balaban J connectivity index is 2.15. The first kappa shape index (κ1) is 24.8. The average Bonchev–Trinajstić information content (AvgIpc) is 3.10. The Hall–Kier alpha value is -3.51. The largest absolute Gasteiger partial charge is 0.463 e. The summed E-state index contributed by atoms with van der Waals surface area (Å²) in [6.07, 6.45) is -5.05. The number of methoxy groups -OCH3 is 1. The van der Waals surface area contributed by atoms with E-state index < -0.39 is 65.5 Å². The first-order valence-electron chi connectivity index (χ1n) is 9.16. The van der Waals surface area contributed by atoms with E-state index >= 15 is 0 Å². The summed E-state index contributed by atoms with van der Waals surface area (Å²) in [4.78, 5) is 39.3. The lowest BCUT2D eigenvalue weighted by Crippen LogP contribution is -2.44. The summed E-state index contributed by atoms with van der Waals surface area (Å²) in [6.45, 7) is 1.68. The first-order chi connectivity index (χ1) is 14.9. The lowest BCUT2D eigenvalue weighted by atomic mass is 10.1. The highest BCUT2D eigenvalue weighted by Crippen LogP contribution is 2.33. The Kier molecular flexibility index (Phi) is 7.89. The number of nitrogens with zero attached hydrogens (tertiary/aromatic N) is 1. The van der Waals surface area contributed by atoms with Crippen molar-refractivity contribution in [3.63, 3.8) is 0 Å². The molecule has 0 aliphatic rings. The molecule has 13 heteroatoms. The van der Waals surface area contributed by atoms with Crippen molar-refractivity contribution in [2.24, 2.45) is 0 Å². The van der Waals surface area contributed by atoms with Crippen molar-refractivity contribution in [3.05, 3.63) is 46.9 Å². The van der Waals surface area contributed by atoms with Gasteiger partial charge in [0.05, 0.1) is 13.5 Å². The summed E-state index contributed by atoms with van der Waals surface area (Å²) in [5.74, 6) is -6.22. The van der Waals surface area contributed by atoms with E-state index in [0.717, 1.165) is 19.2 Å². The molecule has 0 radical (unpaired) electrons. The smallest absolute Gasteiger partial charge is 0.437 e. The monoisotopic (exact) mass is 463 g/mol. The van der Waals surface area contributed by atoms with Crippen molar-refractivity contribution in [2.75, 3.05) is 12.4 Å². The standard InChI is InChI=1S/C19H18F5N3O5/c1-3-4-12(25-13(28)7-9-5-10(20)8-11(21)6-9)16(29)27-18-26-15(19(22,23)24)14(32-18)17(30)31-2/h5-6,8,12H,3-4,7H2,1-2H3,(H,25,28)(H,26,27,29). The minimum Gasteiger partial charge on any atom is -0.463 e. The number of esters is 1. The third-order valence-electron chi connectivity index (χ3n) is 4.01. The minimum atomic E-state index is -5.06. The van der Waals surface area contributed by atoms with E-state index in [9.17, 15) is 36.3 Å². The van der Waals surface area contributed by atoms with E-state index in [2.05, 4.69) is 19.5 Å². The maximum Gasteiger partial charge on any atom is 0.437 e. The van der Waals surface area contributed by atoms with Crippen LogP contribution in [0.2, 0.25) is 0 Å². The topological polar surface area (TPSA) is 111 Å². The molecular formula is C19H18F5N3O5. The van der Waals surface area contributed by atoms with Crippen LogP contribution < -0.4 is 10.6 Å². The van der Waals surface area contributed by atoms with Crippen LogP contribution in [0.25, 0.3) is 0 Å². The minimum absolute atomic E-state index is 0.0147.